The second-order valence-corrected chi connectivity index (χ2v) is 6.39. The first-order valence-electron chi connectivity index (χ1n) is 6.97. The smallest absolute Gasteiger partial charge is 0.251 e. The van der Waals surface area contributed by atoms with E-state index in [9.17, 15) is 4.79 Å². The number of thioether (sulfide) groups is 1. The molecule has 0 atom stereocenters. The van der Waals surface area contributed by atoms with E-state index in [0.717, 1.165) is 11.3 Å². The van der Waals surface area contributed by atoms with Gasteiger partial charge in [0.15, 0.2) is 0 Å². The zero-order valence-electron chi connectivity index (χ0n) is 11.8. The fraction of sp³-hybridized carbons (Fsp3) is 0.118. The minimum absolute atomic E-state index is 0.0953. The molecule has 0 spiro atoms. The number of carbonyl (C=O) groups excluding carboxylic acids is 1. The van der Waals surface area contributed by atoms with Gasteiger partial charge in [0.05, 0.1) is 0 Å². The molecular weight excluding hydrogens is 316 g/mol. The van der Waals surface area contributed by atoms with E-state index in [-0.39, 0.29) is 5.91 Å². The highest BCUT2D eigenvalue weighted by atomic mass is 35.5. The summed E-state index contributed by atoms with van der Waals surface area (Å²) in [7, 11) is 0. The number of benzene rings is 2. The number of hydrogen-bond acceptors (Lipinski definition) is 2. The molecule has 22 heavy (non-hydrogen) atoms. The zero-order valence-corrected chi connectivity index (χ0v) is 13.4. The molecule has 0 saturated carbocycles. The van der Waals surface area contributed by atoms with Crippen molar-refractivity contribution in [1.82, 2.24) is 10.3 Å². The summed E-state index contributed by atoms with van der Waals surface area (Å²) in [5.41, 5.74) is 1.72. The molecule has 0 aliphatic rings. The van der Waals surface area contributed by atoms with Crippen LogP contribution in [0.4, 0.5) is 0 Å². The molecule has 2 aromatic carbocycles. The number of fused-ring (bicyclic) bond motifs is 1. The normalized spacial score (nSPS) is 10.8. The Morgan fingerprint density at radius 1 is 1.18 bits per heavy atom. The Kier molecular flexibility index (Phi) is 4.71. The summed E-state index contributed by atoms with van der Waals surface area (Å²) >= 11 is 7.61. The SMILES string of the molecule is O=C(NCCSc1c[nH]c2ccccc12)c1cccc(Cl)c1. The van der Waals surface area contributed by atoms with Crippen LogP contribution in [0, 0.1) is 0 Å². The van der Waals surface area contributed by atoms with Gasteiger partial charge in [-0.05, 0) is 24.3 Å². The van der Waals surface area contributed by atoms with Gasteiger partial charge in [-0.15, -0.1) is 11.8 Å². The Morgan fingerprint density at radius 2 is 2.05 bits per heavy atom. The molecule has 1 aromatic heterocycles. The number of rotatable bonds is 5. The Hall–Kier alpha value is -1.91. The topological polar surface area (TPSA) is 44.9 Å². The van der Waals surface area contributed by atoms with Crippen molar-refractivity contribution in [1.29, 1.82) is 0 Å². The third-order valence-electron chi connectivity index (χ3n) is 3.28. The van der Waals surface area contributed by atoms with Crippen molar-refractivity contribution in [3.63, 3.8) is 0 Å². The number of nitrogens with one attached hydrogen (secondary N) is 2. The van der Waals surface area contributed by atoms with Crippen molar-refractivity contribution >= 4 is 40.2 Å². The van der Waals surface area contributed by atoms with Crippen LogP contribution in [0.1, 0.15) is 10.4 Å². The van der Waals surface area contributed by atoms with Gasteiger partial charge in [-0.3, -0.25) is 4.79 Å². The van der Waals surface area contributed by atoms with Crippen LogP contribution >= 0.6 is 23.4 Å². The van der Waals surface area contributed by atoms with Gasteiger partial charge in [0, 0.05) is 44.9 Å². The molecule has 5 heteroatoms. The summed E-state index contributed by atoms with van der Waals surface area (Å²) in [6.07, 6.45) is 2.01. The molecule has 0 aliphatic carbocycles. The predicted molar refractivity (Wildman–Crippen MR) is 92.8 cm³/mol. The number of amides is 1. The van der Waals surface area contributed by atoms with E-state index in [1.165, 1.54) is 10.3 Å². The standard InChI is InChI=1S/C17H15ClN2OS/c18-13-5-3-4-12(10-13)17(21)19-8-9-22-16-11-20-15-7-2-1-6-14(15)16/h1-7,10-11,20H,8-9H2,(H,19,21). The van der Waals surface area contributed by atoms with Crippen LogP contribution in [0.25, 0.3) is 10.9 Å². The number of para-hydroxylation sites is 1. The Balaban J connectivity index is 1.52. The second-order valence-electron chi connectivity index (χ2n) is 4.81. The summed E-state index contributed by atoms with van der Waals surface area (Å²) in [5, 5.41) is 4.69. The number of halogens is 1. The van der Waals surface area contributed by atoms with Crippen molar-refractivity contribution < 1.29 is 4.79 Å². The lowest BCUT2D eigenvalue weighted by molar-refractivity contribution is 0.0956. The lowest BCUT2D eigenvalue weighted by atomic mass is 10.2. The maximum absolute atomic E-state index is 12.0. The van der Waals surface area contributed by atoms with E-state index in [0.29, 0.717) is 17.1 Å². The van der Waals surface area contributed by atoms with Crippen LogP contribution in [-0.2, 0) is 0 Å². The van der Waals surface area contributed by atoms with Gasteiger partial charge in [-0.25, -0.2) is 0 Å². The van der Waals surface area contributed by atoms with Gasteiger partial charge in [0.25, 0.3) is 5.91 Å². The average Bonchev–Trinajstić information content (AvgIpc) is 2.95. The molecule has 3 aromatic rings. The van der Waals surface area contributed by atoms with Gasteiger partial charge in [0.2, 0.25) is 0 Å². The van der Waals surface area contributed by atoms with E-state index >= 15 is 0 Å². The molecule has 112 valence electrons. The first-order valence-corrected chi connectivity index (χ1v) is 8.33. The van der Waals surface area contributed by atoms with Crippen LogP contribution in [-0.4, -0.2) is 23.2 Å². The molecule has 0 bridgehead atoms. The molecule has 0 radical (unpaired) electrons. The van der Waals surface area contributed by atoms with Crippen LogP contribution in [0.15, 0.2) is 59.6 Å². The predicted octanol–water partition coefficient (Wildman–Crippen LogP) is 4.34. The highest BCUT2D eigenvalue weighted by Gasteiger charge is 2.06. The Labute approximate surface area is 138 Å². The lowest BCUT2D eigenvalue weighted by Crippen LogP contribution is -2.25. The summed E-state index contributed by atoms with van der Waals surface area (Å²) in [6, 6.07) is 15.2. The van der Waals surface area contributed by atoms with E-state index < -0.39 is 0 Å². The maximum Gasteiger partial charge on any atom is 0.251 e. The Bertz CT molecular complexity index is 800. The van der Waals surface area contributed by atoms with Crippen molar-refractivity contribution in [3.05, 3.63) is 65.3 Å². The molecule has 3 rings (SSSR count). The fourth-order valence-electron chi connectivity index (χ4n) is 2.22. The number of aromatic nitrogens is 1. The molecule has 0 aliphatic heterocycles. The highest BCUT2D eigenvalue weighted by Crippen LogP contribution is 2.27. The minimum Gasteiger partial charge on any atom is -0.360 e. The average molecular weight is 331 g/mol. The minimum atomic E-state index is -0.0953. The summed E-state index contributed by atoms with van der Waals surface area (Å²) in [4.78, 5) is 16.4. The summed E-state index contributed by atoms with van der Waals surface area (Å²) in [6.45, 7) is 0.607. The molecule has 3 nitrogen and oxygen atoms in total. The van der Waals surface area contributed by atoms with Gasteiger partial charge in [0.1, 0.15) is 0 Å². The largest absolute Gasteiger partial charge is 0.360 e. The van der Waals surface area contributed by atoms with Gasteiger partial charge in [-0.2, -0.15) is 0 Å². The third-order valence-corrected chi connectivity index (χ3v) is 4.58. The van der Waals surface area contributed by atoms with Crippen molar-refractivity contribution in [2.24, 2.45) is 0 Å². The quantitative estimate of drug-likeness (QED) is 0.540. The third kappa shape index (κ3) is 3.46. The van der Waals surface area contributed by atoms with E-state index in [1.54, 1.807) is 36.0 Å². The van der Waals surface area contributed by atoms with Gasteiger partial charge >= 0.3 is 0 Å². The van der Waals surface area contributed by atoms with Crippen molar-refractivity contribution in [2.45, 2.75) is 4.90 Å². The number of aromatic amines is 1. The molecule has 1 heterocycles. The number of carbonyl (C=O) groups is 1. The maximum atomic E-state index is 12.0. The van der Waals surface area contributed by atoms with Crippen LogP contribution < -0.4 is 5.32 Å². The van der Waals surface area contributed by atoms with Crippen LogP contribution in [0.3, 0.4) is 0 Å². The first-order chi connectivity index (χ1) is 10.7. The first kappa shape index (κ1) is 15.0. The van der Waals surface area contributed by atoms with Gasteiger partial charge < -0.3 is 10.3 Å². The molecule has 1 amide bonds. The number of H-pyrrole nitrogens is 1. The molecule has 0 saturated heterocycles. The van der Waals surface area contributed by atoms with E-state index in [4.69, 9.17) is 11.6 Å². The van der Waals surface area contributed by atoms with E-state index in [1.807, 2.05) is 18.3 Å². The summed E-state index contributed by atoms with van der Waals surface area (Å²) < 4.78 is 0. The monoisotopic (exact) mass is 330 g/mol. The van der Waals surface area contributed by atoms with Crippen molar-refractivity contribution in [2.75, 3.05) is 12.3 Å². The molecular formula is C17H15ClN2OS. The van der Waals surface area contributed by atoms with Gasteiger partial charge in [-0.1, -0.05) is 35.9 Å². The molecule has 2 N–H and O–H groups in total. The number of hydrogen-bond donors (Lipinski definition) is 2. The fourth-order valence-corrected chi connectivity index (χ4v) is 3.31. The Morgan fingerprint density at radius 3 is 2.91 bits per heavy atom. The van der Waals surface area contributed by atoms with Crippen LogP contribution in [0.2, 0.25) is 5.02 Å². The molecule has 0 unspecified atom stereocenters. The molecule has 0 fully saturated rings. The lowest BCUT2D eigenvalue weighted by Gasteiger charge is -2.05. The zero-order chi connectivity index (χ0) is 15.4. The van der Waals surface area contributed by atoms with E-state index in [2.05, 4.69) is 22.4 Å². The highest BCUT2D eigenvalue weighted by molar-refractivity contribution is 7.99. The van der Waals surface area contributed by atoms with Crippen molar-refractivity contribution in [3.8, 4) is 0 Å². The second kappa shape index (κ2) is 6.90. The van der Waals surface area contributed by atoms with Crippen LogP contribution in [0.5, 0.6) is 0 Å². The summed E-state index contributed by atoms with van der Waals surface area (Å²) in [5.74, 6) is 0.718.